The smallest absolute Gasteiger partial charge is 0.230 e. The van der Waals surface area contributed by atoms with E-state index in [2.05, 4.69) is 5.32 Å². The van der Waals surface area contributed by atoms with Crippen LogP contribution in [0, 0.1) is 0 Å². The summed E-state index contributed by atoms with van der Waals surface area (Å²) in [6, 6.07) is 0. The molecule has 1 heterocycles. The van der Waals surface area contributed by atoms with E-state index in [1.807, 2.05) is 0 Å². The van der Waals surface area contributed by atoms with Gasteiger partial charge in [-0.15, -0.1) is 12.4 Å². The van der Waals surface area contributed by atoms with Crippen LogP contribution in [0.3, 0.4) is 0 Å². The molecule has 0 aromatic rings. The first-order chi connectivity index (χ1) is 3.39. The van der Waals surface area contributed by atoms with Gasteiger partial charge >= 0.3 is 0 Å². The molecule has 0 atom stereocenters. The molecule has 0 saturated carbocycles. The number of rotatable bonds is 0. The van der Waals surface area contributed by atoms with Gasteiger partial charge in [0.1, 0.15) is 0 Å². The highest BCUT2D eigenvalue weighted by Gasteiger charge is 2.04. The maximum Gasteiger partial charge on any atom is 0.230 e. The summed E-state index contributed by atoms with van der Waals surface area (Å²) in [7, 11) is 0. The Morgan fingerprint density at radius 1 is 1.62 bits per heavy atom. The molecule has 0 aromatic carbocycles. The first kappa shape index (κ1) is 8.11. The predicted molar refractivity (Wildman–Crippen MR) is 37.6 cm³/mol. The van der Waals surface area contributed by atoms with E-state index in [0.29, 0.717) is 5.75 Å². The van der Waals surface area contributed by atoms with Crippen LogP contribution < -0.4 is 5.32 Å². The third kappa shape index (κ3) is 2.43. The molecule has 0 spiro atoms. The number of carbonyl (C=O) groups excluding carboxylic acids is 1. The standard InChI is InChI=1S/C4H7NOS.ClH/c6-4-3-7-2-1-5-4;/h1-3H2,(H,5,6);1H. The molecular weight excluding hydrogens is 146 g/mol. The topological polar surface area (TPSA) is 29.1 Å². The quantitative estimate of drug-likeness (QED) is 0.542. The molecule has 1 rings (SSSR count). The van der Waals surface area contributed by atoms with Crippen LogP contribution in [-0.4, -0.2) is 24.0 Å². The number of nitrogens with one attached hydrogen (secondary N) is 1. The minimum Gasteiger partial charge on any atom is -0.355 e. The SMILES string of the molecule is Cl.O=C1CSCCN1. The normalized spacial score (nSPS) is 18.8. The van der Waals surface area contributed by atoms with Crippen molar-refractivity contribution in [1.82, 2.24) is 5.32 Å². The molecule has 1 amide bonds. The molecule has 48 valence electrons. The molecule has 1 aliphatic rings. The monoisotopic (exact) mass is 153 g/mol. The number of amides is 1. The fourth-order valence-corrected chi connectivity index (χ4v) is 1.16. The van der Waals surface area contributed by atoms with Crippen LogP contribution in [0.1, 0.15) is 0 Å². The van der Waals surface area contributed by atoms with Crippen molar-refractivity contribution >= 4 is 30.1 Å². The molecule has 1 aliphatic heterocycles. The lowest BCUT2D eigenvalue weighted by molar-refractivity contribution is -0.118. The summed E-state index contributed by atoms with van der Waals surface area (Å²) in [5, 5.41) is 2.72. The number of carbonyl (C=O) groups is 1. The molecular formula is C4H8ClNOS. The summed E-state index contributed by atoms with van der Waals surface area (Å²) in [4.78, 5) is 10.3. The summed E-state index contributed by atoms with van der Waals surface area (Å²) in [6.07, 6.45) is 0. The molecule has 0 aromatic heterocycles. The number of halogens is 1. The van der Waals surface area contributed by atoms with Crippen molar-refractivity contribution in [1.29, 1.82) is 0 Å². The molecule has 2 nitrogen and oxygen atoms in total. The largest absolute Gasteiger partial charge is 0.355 e. The molecule has 1 N–H and O–H groups in total. The zero-order chi connectivity index (χ0) is 5.11. The minimum absolute atomic E-state index is 0. The lowest BCUT2D eigenvalue weighted by atomic mass is 10.6. The van der Waals surface area contributed by atoms with Crippen molar-refractivity contribution in [2.24, 2.45) is 0 Å². The molecule has 0 unspecified atom stereocenters. The van der Waals surface area contributed by atoms with Crippen LogP contribution in [0.4, 0.5) is 0 Å². The summed E-state index contributed by atoms with van der Waals surface area (Å²) >= 11 is 1.69. The van der Waals surface area contributed by atoms with Crippen LogP contribution in [-0.2, 0) is 4.79 Å². The predicted octanol–water partition coefficient (Wildman–Crippen LogP) is 0.271. The van der Waals surface area contributed by atoms with Gasteiger partial charge in [-0.05, 0) is 0 Å². The van der Waals surface area contributed by atoms with Crippen LogP contribution in [0.5, 0.6) is 0 Å². The maximum atomic E-state index is 10.3. The molecule has 0 radical (unpaired) electrons. The maximum absolute atomic E-state index is 10.3. The van der Waals surface area contributed by atoms with E-state index in [0.717, 1.165) is 12.3 Å². The molecule has 0 bridgehead atoms. The number of hydrogen-bond donors (Lipinski definition) is 1. The lowest BCUT2D eigenvalue weighted by Gasteiger charge is -2.08. The van der Waals surface area contributed by atoms with Gasteiger partial charge in [0.05, 0.1) is 5.75 Å². The van der Waals surface area contributed by atoms with Crippen molar-refractivity contribution in [2.75, 3.05) is 18.1 Å². The Morgan fingerprint density at radius 3 is 2.62 bits per heavy atom. The van der Waals surface area contributed by atoms with Crippen molar-refractivity contribution in [3.63, 3.8) is 0 Å². The summed E-state index contributed by atoms with van der Waals surface area (Å²) < 4.78 is 0. The van der Waals surface area contributed by atoms with E-state index in [9.17, 15) is 4.79 Å². The molecule has 1 saturated heterocycles. The van der Waals surface area contributed by atoms with Crippen molar-refractivity contribution in [2.45, 2.75) is 0 Å². The molecule has 0 aliphatic carbocycles. The Bertz CT molecular complexity index is 80.1. The van der Waals surface area contributed by atoms with E-state index in [1.54, 1.807) is 11.8 Å². The van der Waals surface area contributed by atoms with Gasteiger partial charge in [-0.1, -0.05) is 0 Å². The Kier molecular flexibility index (Phi) is 4.09. The average Bonchev–Trinajstić information content (AvgIpc) is 1.69. The van der Waals surface area contributed by atoms with Gasteiger partial charge in [0.25, 0.3) is 0 Å². The fourth-order valence-electron chi connectivity index (χ4n) is 0.479. The van der Waals surface area contributed by atoms with E-state index in [-0.39, 0.29) is 18.3 Å². The van der Waals surface area contributed by atoms with Gasteiger partial charge < -0.3 is 5.32 Å². The Balaban J connectivity index is 0.000000490. The number of thioether (sulfide) groups is 1. The highest BCUT2D eigenvalue weighted by Crippen LogP contribution is 2.00. The Labute approximate surface area is 58.8 Å². The minimum atomic E-state index is 0. The third-order valence-electron chi connectivity index (χ3n) is 0.802. The molecule has 4 heteroatoms. The third-order valence-corrected chi connectivity index (χ3v) is 1.76. The van der Waals surface area contributed by atoms with Crippen LogP contribution >= 0.6 is 24.2 Å². The Hall–Kier alpha value is 0.110. The van der Waals surface area contributed by atoms with Crippen molar-refractivity contribution < 1.29 is 4.79 Å². The van der Waals surface area contributed by atoms with Gasteiger partial charge in [-0.25, -0.2) is 0 Å². The van der Waals surface area contributed by atoms with E-state index in [1.165, 1.54) is 0 Å². The van der Waals surface area contributed by atoms with E-state index < -0.39 is 0 Å². The average molecular weight is 154 g/mol. The van der Waals surface area contributed by atoms with Crippen molar-refractivity contribution in [3.05, 3.63) is 0 Å². The summed E-state index contributed by atoms with van der Waals surface area (Å²) in [5.41, 5.74) is 0. The van der Waals surface area contributed by atoms with E-state index in [4.69, 9.17) is 0 Å². The summed E-state index contributed by atoms with van der Waals surface area (Å²) in [5.74, 6) is 1.91. The fraction of sp³-hybridized carbons (Fsp3) is 0.750. The highest BCUT2D eigenvalue weighted by molar-refractivity contribution is 8.00. The Morgan fingerprint density at radius 2 is 2.38 bits per heavy atom. The first-order valence-corrected chi connectivity index (χ1v) is 3.39. The van der Waals surface area contributed by atoms with Crippen LogP contribution in [0.2, 0.25) is 0 Å². The van der Waals surface area contributed by atoms with Gasteiger partial charge in [0.2, 0.25) is 5.91 Å². The van der Waals surface area contributed by atoms with Crippen molar-refractivity contribution in [3.8, 4) is 0 Å². The second-order valence-electron chi connectivity index (χ2n) is 1.40. The molecule has 8 heavy (non-hydrogen) atoms. The highest BCUT2D eigenvalue weighted by atomic mass is 35.5. The van der Waals surface area contributed by atoms with Crippen LogP contribution in [0.25, 0.3) is 0 Å². The van der Waals surface area contributed by atoms with Gasteiger partial charge in [0.15, 0.2) is 0 Å². The van der Waals surface area contributed by atoms with Gasteiger partial charge in [0, 0.05) is 12.3 Å². The first-order valence-electron chi connectivity index (χ1n) is 2.24. The second kappa shape index (κ2) is 4.04. The zero-order valence-corrected chi connectivity index (χ0v) is 5.98. The lowest BCUT2D eigenvalue weighted by Crippen LogP contribution is -2.31. The zero-order valence-electron chi connectivity index (χ0n) is 4.35. The van der Waals surface area contributed by atoms with E-state index >= 15 is 0 Å². The number of hydrogen-bond acceptors (Lipinski definition) is 2. The molecule has 1 fully saturated rings. The van der Waals surface area contributed by atoms with Gasteiger partial charge in [-0.2, -0.15) is 11.8 Å². The summed E-state index contributed by atoms with van der Waals surface area (Å²) in [6.45, 7) is 0.851. The van der Waals surface area contributed by atoms with Gasteiger partial charge in [-0.3, -0.25) is 4.79 Å². The second-order valence-corrected chi connectivity index (χ2v) is 2.51. The van der Waals surface area contributed by atoms with Crippen LogP contribution in [0.15, 0.2) is 0 Å².